The number of nitrogens with two attached hydrogens (primary N) is 1. The van der Waals surface area contributed by atoms with Crippen LogP contribution >= 0.6 is 11.3 Å². The average molecular weight is 282 g/mol. The smallest absolute Gasteiger partial charge is 0.277 e. The maximum absolute atomic E-state index is 11.5. The van der Waals surface area contributed by atoms with Crippen LogP contribution in [0.15, 0.2) is 0 Å². The molecule has 1 amide bonds. The van der Waals surface area contributed by atoms with Crippen molar-refractivity contribution in [1.82, 2.24) is 15.3 Å². The van der Waals surface area contributed by atoms with E-state index < -0.39 is 0 Å². The predicted octanol–water partition coefficient (Wildman–Crippen LogP) is 1.33. The molecule has 1 aromatic rings. The van der Waals surface area contributed by atoms with Gasteiger partial charge in [0.2, 0.25) is 0 Å². The summed E-state index contributed by atoms with van der Waals surface area (Å²) in [7, 11) is 0. The number of amides is 1. The zero-order valence-electron chi connectivity index (χ0n) is 11.6. The summed E-state index contributed by atoms with van der Waals surface area (Å²) in [5.41, 5.74) is 2.94. The van der Waals surface area contributed by atoms with Crippen LogP contribution in [0.3, 0.4) is 0 Å². The molecule has 1 aliphatic heterocycles. The van der Waals surface area contributed by atoms with Crippen molar-refractivity contribution in [1.29, 1.82) is 0 Å². The Hall–Kier alpha value is -0.980. The fraction of sp³-hybridized carbons (Fsp3) is 0.692. The molecule has 0 aromatic carbocycles. The van der Waals surface area contributed by atoms with E-state index in [1.54, 1.807) is 0 Å². The van der Waals surface area contributed by atoms with E-state index >= 15 is 0 Å². The number of aryl methyl sites for hydroxylation is 1. The first-order valence-corrected chi connectivity index (χ1v) is 7.61. The normalized spacial score (nSPS) is 20.5. The number of aromatic nitrogens is 1. The third-order valence-electron chi connectivity index (χ3n) is 3.56. The third kappa shape index (κ3) is 3.75. The summed E-state index contributed by atoms with van der Waals surface area (Å²) >= 11 is 1.45. The van der Waals surface area contributed by atoms with E-state index in [0.29, 0.717) is 4.88 Å². The van der Waals surface area contributed by atoms with Crippen molar-refractivity contribution in [2.24, 2.45) is 11.8 Å². The fourth-order valence-electron chi connectivity index (χ4n) is 2.58. The molecule has 0 bridgehead atoms. The number of carbonyl (C=O) groups is 1. The summed E-state index contributed by atoms with van der Waals surface area (Å²) in [4.78, 5) is 19.1. The van der Waals surface area contributed by atoms with Crippen LogP contribution in [0.4, 0.5) is 0 Å². The summed E-state index contributed by atoms with van der Waals surface area (Å²) < 4.78 is 0. The van der Waals surface area contributed by atoms with Gasteiger partial charge in [-0.3, -0.25) is 10.2 Å². The molecule has 19 heavy (non-hydrogen) atoms. The first-order valence-electron chi connectivity index (χ1n) is 6.79. The number of piperidine rings is 1. The van der Waals surface area contributed by atoms with Crippen molar-refractivity contribution in [2.45, 2.75) is 33.1 Å². The molecule has 0 aliphatic carbocycles. The molecule has 106 valence electrons. The molecular formula is C13H22N4OS. The molecule has 1 aliphatic rings. The van der Waals surface area contributed by atoms with Crippen molar-refractivity contribution in [3.8, 4) is 0 Å². The van der Waals surface area contributed by atoms with Crippen LogP contribution in [0.5, 0.6) is 0 Å². The van der Waals surface area contributed by atoms with Gasteiger partial charge in [0.05, 0.1) is 10.7 Å². The Bertz CT molecular complexity index is 446. The highest BCUT2D eigenvalue weighted by molar-refractivity contribution is 7.13. The molecule has 1 fully saturated rings. The van der Waals surface area contributed by atoms with E-state index in [0.717, 1.165) is 29.6 Å². The third-order valence-corrected chi connectivity index (χ3v) is 4.78. The fourth-order valence-corrected chi connectivity index (χ4v) is 3.54. The summed E-state index contributed by atoms with van der Waals surface area (Å²) in [5.74, 6) is 5.71. The van der Waals surface area contributed by atoms with E-state index in [4.69, 9.17) is 5.84 Å². The van der Waals surface area contributed by atoms with Crippen LogP contribution in [-0.2, 0) is 6.42 Å². The molecule has 6 heteroatoms. The quantitative estimate of drug-likeness (QED) is 0.496. The van der Waals surface area contributed by atoms with E-state index in [1.807, 2.05) is 6.92 Å². The van der Waals surface area contributed by atoms with Crippen molar-refractivity contribution in [3.63, 3.8) is 0 Å². The minimum atomic E-state index is -0.243. The summed E-state index contributed by atoms with van der Waals surface area (Å²) in [6.45, 7) is 7.56. The van der Waals surface area contributed by atoms with E-state index in [-0.39, 0.29) is 5.91 Å². The van der Waals surface area contributed by atoms with Crippen molar-refractivity contribution < 1.29 is 4.79 Å². The number of thiazole rings is 1. The number of rotatable bonds is 4. The van der Waals surface area contributed by atoms with Crippen LogP contribution < -0.4 is 11.3 Å². The number of nitrogen functional groups attached to an aromatic ring is 1. The summed E-state index contributed by atoms with van der Waals surface area (Å²) in [5, 5.41) is 1.02. The molecule has 2 heterocycles. The topological polar surface area (TPSA) is 71.2 Å². The number of carbonyl (C=O) groups excluding carboxylic acids is 1. The molecule has 0 radical (unpaired) electrons. The van der Waals surface area contributed by atoms with Crippen LogP contribution in [0.25, 0.3) is 0 Å². The number of nitrogens with zero attached hydrogens (tertiary/aromatic N) is 2. The minimum Gasteiger partial charge on any atom is -0.303 e. The van der Waals surface area contributed by atoms with Gasteiger partial charge in [0.1, 0.15) is 4.88 Å². The van der Waals surface area contributed by atoms with Crippen molar-refractivity contribution >= 4 is 17.2 Å². The standard InChI is InChI=1S/C13H22N4OS/c1-9-4-3-6-17(8-9)7-5-11-15-10(2)12(19-11)13(18)16-14/h9H,3-8,14H2,1-2H3,(H,16,18). The Morgan fingerprint density at radius 3 is 3.11 bits per heavy atom. The van der Waals surface area contributed by atoms with Crippen LogP contribution in [-0.4, -0.2) is 35.4 Å². The van der Waals surface area contributed by atoms with Crippen molar-refractivity contribution in [3.05, 3.63) is 15.6 Å². The van der Waals surface area contributed by atoms with Crippen LogP contribution in [0, 0.1) is 12.8 Å². The van der Waals surface area contributed by atoms with Gasteiger partial charge in [-0.05, 0) is 32.2 Å². The zero-order chi connectivity index (χ0) is 13.8. The van der Waals surface area contributed by atoms with Gasteiger partial charge >= 0.3 is 0 Å². The second-order valence-corrected chi connectivity index (χ2v) is 6.38. The van der Waals surface area contributed by atoms with Gasteiger partial charge in [0, 0.05) is 19.5 Å². The maximum atomic E-state index is 11.5. The lowest BCUT2D eigenvalue weighted by Gasteiger charge is -2.30. The largest absolute Gasteiger partial charge is 0.303 e. The molecular weight excluding hydrogens is 260 g/mol. The van der Waals surface area contributed by atoms with Crippen LogP contribution in [0.1, 0.15) is 40.1 Å². The maximum Gasteiger partial charge on any atom is 0.277 e. The molecule has 1 aromatic heterocycles. The highest BCUT2D eigenvalue weighted by atomic mass is 32.1. The second-order valence-electron chi connectivity index (χ2n) is 5.29. The molecule has 1 unspecified atom stereocenters. The van der Waals surface area contributed by atoms with E-state index in [2.05, 4.69) is 22.2 Å². The molecule has 1 saturated heterocycles. The monoisotopic (exact) mass is 282 g/mol. The molecule has 5 nitrogen and oxygen atoms in total. The lowest BCUT2D eigenvalue weighted by atomic mass is 10.0. The number of likely N-dealkylation sites (tertiary alicyclic amines) is 1. The Kier molecular flexibility index (Phi) is 4.90. The van der Waals surface area contributed by atoms with Gasteiger partial charge in [0.15, 0.2) is 0 Å². The average Bonchev–Trinajstić information content (AvgIpc) is 2.77. The number of hydrogen-bond donors (Lipinski definition) is 2. The van der Waals surface area contributed by atoms with Gasteiger partial charge < -0.3 is 4.90 Å². The highest BCUT2D eigenvalue weighted by Gasteiger charge is 2.18. The predicted molar refractivity (Wildman–Crippen MR) is 77.0 cm³/mol. The number of hydrazine groups is 1. The molecule has 2 rings (SSSR count). The Balaban J connectivity index is 1.91. The Labute approximate surface area is 118 Å². The Morgan fingerprint density at radius 2 is 2.42 bits per heavy atom. The van der Waals surface area contributed by atoms with Gasteiger partial charge in [0.25, 0.3) is 5.91 Å². The zero-order valence-corrected chi connectivity index (χ0v) is 12.4. The first kappa shape index (κ1) is 14.4. The lowest BCUT2D eigenvalue weighted by Crippen LogP contribution is -2.35. The van der Waals surface area contributed by atoms with Gasteiger partial charge in [-0.2, -0.15) is 0 Å². The molecule has 3 N–H and O–H groups in total. The van der Waals surface area contributed by atoms with Gasteiger partial charge in [-0.15, -0.1) is 11.3 Å². The van der Waals surface area contributed by atoms with Gasteiger partial charge in [-0.1, -0.05) is 6.92 Å². The van der Waals surface area contributed by atoms with Crippen molar-refractivity contribution in [2.75, 3.05) is 19.6 Å². The van der Waals surface area contributed by atoms with Gasteiger partial charge in [-0.25, -0.2) is 10.8 Å². The molecule has 0 saturated carbocycles. The second kappa shape index (κ2) is 6.45. The van der Waals surface area contributed by atoms with E-state index in [1.165, 1.54) is 37.3 Å². The number of hydrogen-bond acceptors (Lipinski definition) is 5. The lowest BCUT2D eigenvalue weighted by molar-refractivity contribution is 0.0957. The van der Waals surface area contributed by atoms with E-state index in [9.17, 15) is 4.79 Å². The Morgan fingerprint density at radius 1 is 1.63 bits per heavy atom. The summed E-state index contributed by atoms with van der Waals surface area (Å²) in [6, 6.07) is 0. The highest BCUT2D eigenvalue weighted by Crippen LogP contribution is 2.20. The minimum absolute atomic E-state index is 0.243. The molecule has 1 atom stereocenters. The van der Waals surface area contributed by atoms with Crippen LogP contribution in [0.2, 0.25) is 0 Å². The molecule has 0 spiro atoms. The number of nitrogens with one attached hydrogen (secondary N) is 1. The summed E-state index contributed by atoms with van der Waals surface area (Å²) in [6.07, 6.45) is 3.54. The first-order chi connectivity index (χ1) is 9.10. The SMILES string of the molecule is Cc1nc(CCN2CCCC(C)C2)sc1C(=O)NN.